The fourth-order valence-electron chi connectivity index (χ4n) is 3.39. The summed E-state index contributed by atoms with van der Waals surface area (Å²) < 4.78 is 27.4. The molecule has 0 fully saturated rings. The highest BCUT2D eigenvalue weighted by atomic mass is 32.2. The first-order valence-electron chi connectivity index (χ1n) is 7.78. The first-order chi connectivity index (χ1) is 11.4. The molecule has 1 aliphatic carbocycles. The number of hydrogen-bond donors (Lipinski definition) is 2. The second-order valence-corrected chi connectivity index (χ2v) is 8.14. The van der Waals surface area contributed by atoms with Crippen molar-refractivity contribution < 1.29 is 13.5 Å². The van der Waals surface area contributed by atoms with Crippen LogP contribution < -0.4 is 5.73 Å². The van der Waals surface area contributed by atoms with Gasteiger partial charge in [0.2, 0.25) is 0 Å². The molecule has 0 radical (unpaired) electrons. The summed E-state index contributed by atoms with van der Waals surface area (Å²) >= 11 is 0. The van der Waals surface area contributed by atoms with Crippen LogP contribution in [0.3, 0.4) is 0 Å². The number of aliphatic hydroxyl groups is 1. The number of rotatable bonds is 2. The average molecular weight is 342 g/mol. The van der Waals surface area contributed by atoms with Crippen LogP contribution >= 0.6 is 0 Å². The molecule has 0 saturated heterocycles. The van der Waals surface area contributed by atoms with E-state index in [0.717, 1.165) is 16.5 Å². The molecule has 1 heterocycles. The van der Waals surface area contributed by atoms with Crippen LogP contribution in [0.1, 0.15) is 22.8 Å². The summed E-state index contributed by atoms with van der Waals surface area (Å²) in [6.45, 7) is 1.91. The predicted octanol–water partition coefficient (Wildman–Crippen LogP) is 2.10. The summed E-state index contributed by atoms with van der Waals surface area (Å²) in [5, 5.41) is 11.1. The van der Waals surface area contributed by atoms with E-state index < -0.39 is 22.2 Å². The first-order valence-corrected chi connectivity index (χ1v) is 9.22. The molecular weight excluding hydrogens is 324 g/mol. The van der Waals surface area contributed by atoms with Crippen LogP contribution in [0.4, 0.5) is 0 Å². The summed E-state index contributed by atoms with van der Waals surface area (Å²) in [5.74, 6) is 0. The van der Waals surface area contributed by atoms with Gasteiger partial charge >= 0.3 is 0 Å². The number of nitrogens with two attached hydrogens (primary N) is 1. The molecule has 1 aliphatic rings. The minimum atomic E-state index is -3.70. The molecule has 0 bridgehead atoms. The Labute approximate surface area is 140 Å². The van der Waals surface area contributed by atoms with E-state index in [4.69, 9.17) is 5.73 Å². The zero-order valence-corrected chi connectivity index (χ0v) is 14.0. The Hall–Kier alpha value is -2.15. The van der Waals surface area contributed by atoms with E-state index in [2.05, 4.69) is 0 Å². The minimum absolute atomic E-state index is 0.242. The molecule has 0 unspecified atom stereocenters. The zero-order chi connectivity index (χ0) is 17.1. The maximum absolute atomic E-state index is 13.1. The van der Waals surface area contributed by atoms with Crippen molar-refractivity contribution in [1.82, 2.24) is 3.97 Å². The minimum Gasteiger partial charge on any atom is -0.387 e. The Morgan fingerprint density at radius 1 is 1.17 bits per heavy atom. The van der Waals surface area contributed by atoms with Crippen LogP contribution in [0.25, 0.3) is 10.9 Å². The molecule has 2 atom stereocenters. The van der Waals surface area contributed by atoms with Crippen molar-refractivity contribution in [3.63, 3.8) is 0 Å². The summed E-state index contributed by atoms with van der Waals surface area (Å²) in [4.78, 5) is 0.242. The van der Waals surface area contributed by atoms with E-state index in [1.807, 2.05) is 6.92 Å². The number of aromatic nitrogens is 1. The normalized spacial score (nSPS) is 20.5. The molecule has 4 rings (SSSR count). The van der Waals surface area contributed by atoms with Gasteiger partial charge in [-0.1, -0.05) is 29.8 Å². The van der Waals surface area contributed by atoms with Gasteiger partial charge in [-0.2, -0.15) is 0 Å². The number of nitrogens with zero attached hydrogens (tertiary/aromatic N) is 1. The van der Waals surface area contributed by atoms with Crippen LogP contribution in [0.15, 0.2) is 53.6 Å². The molecule has 0 saturated carbocycles. The second-order valence-electron chi connectivity index (χ2n) is 6.32. The van der Waals surface area contributed by atoms with Crippen LogP contribution in [-0.4, -0.2) is 23.5 Å². The van der Waals surface area contributed by atoms with Gasteiger partial charge in [0, 0.05) is 17.6 Å². The van der Waals surface area contributed by atoms with Crippen molar-refractivity contribution in [3.05, 3.63) is 65.4 Å². The third kappa shape index (κ3) is 2.11. The molecule has 3 N–H and O–H groups in total. The molecule has 6 heteroatoms. The van der Waals surface area contributed by atoms with Crippen LogP contribution in [0.2, 0.25) is 0 Å². The molecule has 0 spiro atoms. The van der Waals surface area contributed by atoms with Gasteiger partial charge in [-0.3, -0.25) is 0 Å². The van der Waals surface area contributed by atoms with Gasteiger partial charge in [-0.05, 0) is 42.7 Å². The highest BCUT2D eigenvalue weighted by Gasteiger charge is 2.30. The molecular formula is C18H18N2O3S. The molecule has 3 aromatic rings. The molecule has 5 nitrogen and oxygen atoms in total. The van der Waals surface area contributed by atoms with E-state index in [1.54, 1.807) is 48.7 Å². The number of aliphatic hydroxyl groups excluding tert-OH is 1. The van der Waals surface area contributed by atoms with Crippen molar-refractivity contribution in [2.24, 2.45) is 5.73 Å². The molecule has 2 aromatic carbocycles. The topological polar surface area (TPSA) is 85.3 Å². The first kappa shape index (κ1) is 15.4. The maximum Gasteiger partial charge on any atom is 0.268 e. The van der Waals surface area contributed by atoms with Crippen LogP contribution in [-0.2, 0) is 16.4 Å². The molecule has 124 valence electrons. The summed E-state index contributed by atoms with van der Waals surface area (Å²) in [5.41, 5.74) is 9.13. The van der Waals surface area contributed by atoms with Gasteiger partial charge in [0.05, 0.1) is 16.5 Å². The van der Waals surface area contributed by atoms with Crippen molar-refractivity contribution in [1.29, 1.82) is 0 Å². The van der Waals surface area contributed by atoms with E-state index >= 15 is 0 Å². The Morgan fingerprint density at radius 3 is 2.58 bits per heavy atom. The molecule has 0 amide bonds. The Kier molecular flexibility index (Phi) is 3.32. The lowest BCUT2D eigenvalue weighted by atomic mass is 9.87. The van der Waals surface area contributed by atoms with Crippen LogP contribution in [0.5, 0.6) is 0 Å². The highest BCUT2D eigenvalue weighted by molar-refractivity contribution is 7.90. The summed E-state index contributed by atoms with van der Waals surface area (Å²) in [7, 11) is -3.70. The Balaban J connectivity index is 1.98. The average Bonchev–Trinajstić information content (AvgIpc) is 2.93. The predicted molar refractivity (Wildman–Crippen MR) is 92.3 cm³/mol. The van der Waals surface area contributed by atoms with E-state index in [0.29, 0.717) is 17.5 Å². The SMILES string of the molecule is Cc1ccc(S(=O)(=O)n2cc3c4c(cccc42)[C@H](O)[C@@H](N)C3)cc1. The Morgan fingerprint density at radius 2 is 1.88 bits per heavy atom. The number of hydrogen-bond acceptors (Lipinski definition) is 4. The molecule has 1 aromatic heterocycles. The van der Waals surface area contributed by atoms with E-state index in [9.17, 15) is 13.5 Å². The number of benzene rings is 2. The van der Waals surface area contributed by atoms with Crippen molar-refractivity contribution in [3.8, 4) is 0 Å². The lowest BCUT2D eigenvalue weighted by Gasteiger charge is -2.24. The van der Waals surface area contributed by atoms with Crippen molar-refractivity contribution in [2.45, 2.75) is 30.4 Å². The van der Waals surface area contributed by atoms with Gasteiger partial charge in [-0.15, -0.1) is 0 Å². The van der Waals surface area contributed by atoms with Gasteiger partial charge in [0.15, 0.2) is 0 Å². The van der Waals surface area contributed by atoms with Crippen molar-refractivity contribution in [2.75, 3.05) is 0 Å². The summed E-state index contributed by atoms with van der Waals surface area (Å²) in [6.07, 6.45) is 1.30. The fraction of sp³-hybridized carbons (Fsp3) is 0.222. The maximum atomic E-state index is 13.1. The van der Waals surface area contributed by atoms with Crippen molar-refractivity contribution >= 4 is 20.9 Å². The fourth-order valence-corrected chi connectivity index (χ4v) is 4.77. The molecule has 24 heavy (non-hydrogen) atoms. The van der Waals surface area contributed by atoms with E-state index in [-0.39, 0.29) is 4.90 Å². The standard InChI is InChI=1S/C18H18N2O3S/c1-11-5-7-13(8-6-11)24(22,23)20-10-12-9-15(19)18(21)14-3-2-4-16(20)17(12)14/h2-8,10,15,18,21H,9,19H2,1H3/t15-,18-/m0/s1. The third-order valence-corrected chi connectivity index (χ3v) is 6.35. The second kappa shape index (κ2) is 5.17. The van der Waals surface area contributed by atoms with Crippen LogP contribution in [0, 0.1) is 6.92 Å². The van der Waals surface area contributed by atoms with Gasteiger partial charge in [-0.25, -0.2) is 12.4 Å². The smallest absolute Gasteiger partial charge is 0.268 e. The van der Waals surface area contributed by atoms with Gasteiger partial charge in [0.1, 0.15) is 0 Å². The quantitative estimate of drug-likeness (QED) is 0.747. The molecule has 0 aliphatic heterocycles. The zero-order valence-electron chi connectivity index (χ0n) is 13.2. The lowest BCUT2D eigenvalue weighted by Crippen LogP contribution is -2.33. The third-order valence-electron chi connectivity index (χ3n) is 4.66. The highest BCUT2D eigenvalue weighted by Crippen LogP contribution is 2.37. The van der Waals surface area contributed by atoms with Gasteiger partial charge < -0.3 is 10.8 Å². The van der Waals surface area contributed by atoms with E-state index in [1.165, 1.54) is 3.97 Å². The monoisotopic (exact) mass is 342 g/mol. The lowest BCUT2D eigenvalue weighted by molar-refractivity contribution is 0.145. The number of aryl methyl sites for hydroxylation is 1. The van der Waals surface area contributed by atoms with Gasteiger partial charge in [0.25, 0.3) is 10.0 Å². The summed E-state index contributed by atoms with van der Waals surface area (Å²) in [6, 6.07) is 11.7. The largest absolute Gasteiger partial charge is 0.387 e. The Bertz CT molecular complexity index is 1040.